The van der Waals surface area contributed by atoms with Crippen molar-refractivity contribution in [3.63, 3.8) is 0 Å². The molecule has 1 heterocycles. The smallest absolute Gasteiger partial charge is 0.321 e. The number of piperidine rings is 1. The highest BCUT2D eigenvalue weighted by Gasteiger charge is 2.27. The lowest BCUT2D eigenvalue weighted by Gasteiger charge is -2.30. The number of amides is 2. The summed E-state index contributed by atoms with van der Waals surface area (Å²) in [7, 11) is 0. The number of nitriles is 1. The molecule has 1 unspecified atom stereocenters. The Morgan fingerprint density at radius 3 is 2.43 bits per heavy atom. The number of carboxylic acids is 1. The lowest BCUT2D eigenvalue weighted by molar-refractivity contribution is -0.143. The summed E-state index contributed by atoms with van der Waals surface area (Å²) in [5.41, 5.74) is 2.06. The van der Waals surface area contributed by atoms with Gasteiger partial charge in [0.15, 0.2) is 0 Å². The van der Waals surface area contributed by atoms with E-state index in [4.69, 9.17) is 16.7 Å². The topological polar surface area (TPSA) is 93.4 Å². The summed E-state index contributed by atoms with van der Waals surface area (Å²) in [6.07, 6.45) is 0.896. The van der Waals surface area contributed by atoms with E-state index in [1.165, 1.54) is 0 Å². The number of rotatable bonds is 4. The van der Waals surface area contributed by atoms with Gasteiger partial charge in [-0.3, -0.25) is 4.79 Å². The largest absolute Gasteiger partial charge is 0.481 e. The molecule has 7 heteroatoms. The van der Waals surface area contributed by atoms with Gasteiger partial charge in [0.05, 0.1) is 17.9 Å². The average Bonchev–Trinajstić information content (AvgIpc) is 2.71. The number of anilines is 1. The van der Waals surface area contributed by atoms with E-state index in [1.54, 1.807) is 23.1 Å². The minimum Gasteiger partial charge on any atom is -0.481 e. The van der Waals surface area contributed by atoms with Crippen molar-refractivity contribution in [2.45, 2.75) is 18.8 Å². The molecule has 28 heavy (non-hydrogen) atoms. The first-order valence-electron chi connectivity index (χ1n) is 9.02. The van der Waals surface area contributed by atoms with Crippen LogP contribution in [0.1, 0.15) is 29.9 Å². The Bertz CT molecular complexity index is 903. The number of nitrogens with zero attached hydrogens (tertiary/aromatic N) is 2. The standard InChI is InChI=1S/C21H20ClN3O3/c22-19-12-16(24-21(28)25-10-8-15(9-11-25)20(26)27)6-7-17(19)18(13-23)14-4-2-1-3-5-14/h1-7,12,15,18H,8-11H2,(H,24,28)(H,26,27). The first-order chi connectivity index (χ1) is 13.5. The van der Waals surface area contributed by atoms with Crippen LogP contribution in [0.25, 0.3) is 0 Å². The molecule has 0 aliphatic carbocycles. The maximum Gasteiger partial charge on any atom is 0.321 e. The van der Waals surface area contributed by atoms with Crippen LogP contribution < -0.4 is 5.32 Å². The molecule has 3 rings (SSSR count). The number of halogens is 1. The van der Waals surface area contributed by atoms with E-state index >= 15 is 0 Å². The zero-order chi connectivity index (χ0) is 20.1. The first kappa shape index (κ1) is 19.7. The number of benzene rings is 2. The van der Waals surface area contributed by atoms with Gasteiger partial charge in [0.2, 0.25) is 0 Å². The maximum absolute atomic E-state index is 12.4. The van der Waals surface area contributed by atoms with Gasteiger partial charge in [-0.1, -0.05) is 48.0 Å². The molecule has 0 aromatic heterocycles. The molecular weight excluding hydrogens is 378 g/mol. The highest BCUT2D eigenvalue weighted by molar-refractivity contribution is 6.31. The SMILES string of the molecule is N#CC(c1ccccc1)c1ccc(NC(=O)N2CCC(C(=O)O)CC2)cc1Cl. The molecule has 0 radical (unpaired) electrons. The third-order valence-corrected chi connectivity index (χ3v) is 5.28. The number of aliphatic carboxylic acids is 1. The maximum atomic E-state index is 12.4. The Balaban J connectivity index is 1.68. The fourth-order valence-corrected chi connectivity index (χ4v) is 3.63. The molecule has 1 aliphatic heterocycles. The molecule has 2 aromatic carbocycles. The molecule has 2 aromatic rings. The van der Waals surface area contributed by atoms with E-state index in [9.17, 15) is 14.9 Å². The van der Waals surface area contributed by atoms with Crippen molar-refractivity contribution in [1.29, 1.82) is 5.26 Å². The van der Waals surface area contributed by atoms with Gasteiger partial charge in [0.1, 0.15) is 0 Å². The number of carbonyl (C=O) groups is 2. The van der Waals surface area contributed by atoms with Crippen LogP contribution in [0.3, 0.4) is 0 Å². The van der Waals surface area contributed by atoms with Crippen LogP contribution in [-0.4, -0.2) is 35.1 Å². The normalized spacial score (nSPS) is 15.5. The minimum absolute atomic E-state index is 0.285. The van der Waals surface area contributed by atoms with Crippen LogP contribution >= 0.6 is 11.6 Å². The van der Waals surface area contributed by atoms with Crippen molar-refractivity contribution in [3.05, 3.63) is 64.7 Å². The number of carbonyl (C=O) groups excluding carboxylic acids is 1. The predicted octanol–water partition coefficient (Wildman–Crippen LogP) is 4.32. The predicted molar refractivity (Wildman–Crippen MR) is 106 cm³/mol. The van der Waals surface area contributed by atoms with E-state index in [0.29, 0.717) is 42.2 Å². The number of urea groups is 1. The number of hydrogen-bond acceptors (Lipinski definition) is 3. The highest BCUT2D eigenvalue weighted by Crippen LogP contribution is 2.32. The molecule has 2 N–H and O–H groups in total. The second kappa shape index (κ2) is 8.77. The van der Waals surface area contributed by atoms with Crippen LogP contribution in [-0.2, 0) is 4.79 Å². The molecule has 1 atom stereocenters. The van der Waals surface area contributed by atoms with Crippen molar-refractivity contribution < 1.29 is 14.7 Å². The molecule has 0 spiro atoms. The first-order valence-corrected chi connectivity index (χ1v) is 9.40. The Labute approximate surface area is 168 Å². The van der Waals surface area contributed by atoms with Gasteiger partial charge in [0.25, 0.3) is 0 Å². The molecule has 0 saturated carbocycles. The van der Waals surface area contributed by atoms with Crippen LogP contribution in [0.2, 0.25) is 5.02 Å². The van der Waals surface area contributed by atoms with Gasteiger partial charge in [-0.05, 0) is 36.1 Å². The summed E-state index contributed by atoms with van der Waals surface area (Å²) in [5.74, 6) is -1.69. The van der Waals surface area contributed by atoms with E-state index < -0.39 is 17.8 Å². The van der Waals surface area contributed by atoms with Crippen LogP contribution in [0, 0.1) is 17.2 Å². The molecule has 1 aliphatic rings. The van der Waals surface area contributed by atoms with Crippen molar-refractivity contribution in [2.75, 3.05) is 18.4 Å². The van der Waals surface area contributed by atoms with Gasteiger partial charge in [-0.15, -0.1) is 0 Å². The fourth-order valence-electron chi connectivity index (χ4n) is 3.34. The average molecular weight is 398 g/mol. The van der Waals surface area contributed by atoms with Crippen LogP contribution in [0.15, 0.2) is 48.5 Å². The summed E-state index contributed by atoms with van der Waals surface area (Å²) in [6, 6.07) is 16.5. The molecular formula is C21H20ClN3O3. The fraction of sp³-hybridized carbons (Fsp3) is 0.286. The van der Waals surface area contributed by atoms with Gasteiger partial charge >= 0.3 is 12.0 Å². The number of carboxylic acid groups (broad SMARTS) is 1. The summed E-state index contributed by atoms with van der Waals surface area (Å²) in [4.78, 5) is 25.0. The lowest BCUT2D eigenvalue weighted by Crippen LogP contribution is -2.42. The van der Waals surface area contributed by atoms with Crippen molar-refractivity contribution in [2.24, 2.45) is 5.92 Å². The Kier molecular flexibility index (Phi) is 6.17. The molecule has 144 valence electrons. The monoisotopic (exact) mass is 397 g/mol. The van der Waals surface area contributed by atoms with E-state index in [1.807, 2.05) is 30.3 Å². The third-order valence-electron chi connectivity index (χ3n) is 4.96. The zero-order valence-electron chi connectivity index (χ0n) is 15.1. The molecule has 0 bridgehead atoms. The summed E-state index contributed by atoms with van der Waals surface area (Å²) >= 11 is 6.39. The number of hydrogen-bond donors (Lipinski definition) is 2. The highest BCUT2D eigenvalue weighted by atomic mass is 35.5. The van der Waals surface area contributed by atoms with E-state index in [-0.39, 0.29) is 6.03 Å². The quantitative estimate of drug-likeness (QED) is 0.803. The van der Waals surface area contributed by atoms with E-state index in [2.05, 4.69) is 11.4 Å². The Morgan fingerprint density at radius 2 is 1.86 bits per heavy atom. The summed E-state index contributed by atoms with van der Waals surface area (Å²) in [5, 5.41) is 21.8. The molecule has 1 fully saturated rings. The Hall–Kier alpha value is -3.04. The number of nitrogens with one attached hydrogen (secondary N) is 1. The summed E-state index contributed by atoms with van der Waals surface area (Å²) in [6.45, 7) is 0.804. The second-order valence-electron chi connectivity index (χ2n) is 6.74. The van der Waals surface area contributed by atoms with Gasteiger partial charge in [0, 0.05) is 23.8 Å². The van der Waals surface area contributed by atoms with Gasteiger partial charge in [-0.25, -0.2) is 4.79 Å². The van der Waals surface area contributed by atoms with Crippen LogP contribution in [0.4, 0.5) is 10.5 Å². The molecule has 1 saturated heterocycles. The van der Waals surface area contributed by atoms with E-state index in [0.717, 1.165) is 5.56 Å². The lowest BCUT2D eigenvalue weighted by atomic mass is 9.92. The molecule has 2 amide bonds. The van der Waals surface area contributed by atoms with Crippen molar-refractivity contribution in [1.82, 2.24) is 4.90 Å². The summed E-state index contributed by atoms with van der Waals surface area (Å²) < 4.78 is 0. The molecule has 6 nitrogen and oxygen atoms in total. The third kappa shape index (κ3) is 4.44. The van der Waals surface area contributed by atoms with Crippen molar-refractivity contribution >= 4 is 29.3 Å². The minimum atomic E-state index is -0.812. The van der Waals surface area contributed by atoms with Gasteiger partial charge in [-0.2, -0.15) is 5.26 Å². The van der Waals surface area contributed by atoms with Gasteiger partial charge < -0.3 is 15.3 Å². The second-order valence-corrected chi connectivity index (χ2v) is 7.15. The Morgan fingerprint density at radius 1 is 1.18 bits per heavy atom. The van der Waals surface area contributed by atoms with Crippen LogP contribution in [0.5, 0.6) is 0 Å². The number of likely N-dealkylation sites (tertiary alicyclic amines) is 1. The zero-order valence-corrected chi connectivity index (χ0v) is 15.9. The van der Waals surface area contributed by atoms with Crippen molar-refractivity contribution in [3.8, 4) is 6.07 Å².